The summed E-state index contributed by atoms with van der Waals surface area (Å²) in [5, 5.41) is 3.78. The van der Waals surface area contributed by atoms with Crippen LogP contribution in [0.1, 0.15) is 40.2 Å². The van der Waals surface area contributed by atoms with E-state index in [1.807, 2.05) is 24.3 Å². The second-order valence-corrected chi connectivity index (χ2v) is 7.85. The van der Waals surface area contributed by atoms with Crippen LogP contribution in [0.4, 0.5) is 0 Å². The molecule has 1 saturated carbocycles. The number of nitrogens with one attached hydrogen (secondary N) is 1. The summed E-state index contributed by atoms with van der Waals surface area (Å²) in [5.74, 6) is 1.16. The first-order valence-corrected chi connectivity index (χ1v) is 9.91. The second kappa shape index (κ2) is 8.24. The zero-order valence-electron chi connectivity index (χ0n) is 15.9. The maximum Gasteiger partial charge on any atom is 0.337 e. The lowest BCUT2D eigenvalue weighted by atomic mass is 10.1. The minimum atomic E-state index is -0.275. The molecule has 4 nitrogen and oxygen atoms in total. The molecule has 0 spiro atoms. The number of nitrogens with zero attached hydrogens (tertiary/aromatic N) is 1. The van der Waals surface area contributed by atoms with Gasteiger partial charge in [-0.3, -0.25) is 4.90 Å². The van der Waals surface area contributed by atoms with Gasteiger partial charge in [0.05, 0.1) is 12.7 Å². The van der Waals surface area contributed by atoms with Crippen LogP contribution in [-0.2, 0) is 11.3 Å². The molecule has 0 unspecified atom stereocenters. The van der Waals surface area contributed by atoms with Gasteiger partial charge in [-0.1, -0.05) is 42.5 Å². The van der Waals surface area contributed by atoms with Gasteiger partial charge in [0.2, 0.25) is 0 Å². The Morgan fingerprint density at radius 2 is 1.93 bits per heavy atom. The highest BCUT2D eigenvalue weighted by Gasteiger charge is 2.38. The SMILES string of the molecule is COC(=O)c1ccc(CN2CC[C@H](CN[C@@H]3C[C@H]3c3ccccc3)C2)cc1. The minimum absolute atomic E-state index is 0.275. The van der Waals surface area contributed by atoms with Crippen LogP contribution >= 0.6 is 0 Å². The third-order valence-corrected chi connectivity index (χ3v) is 5.84. The van der Waals surface area contributed by atoms with Crippen LogP contribution in [0, 0.1) is 5.92 Å². The molecule has 2 aliphatic rings. The lowest BCUT2D eigenvalue weighted by Crippen LogP contribution is -2.28. The fraction of sp³-hybridized carbons (Fsp3) is 0.435. The summed E-state index contributed by atoms with van der Waals surface area (Å²) in [4.78, 5) is 14.0. The van der Waals surface area contributed by atoms with Gasteiger partial charge in [-0.2, -0.15) is 0 Å². The summed E-state index contributed by atoms with van der Waals surface area (Å²) < 4.78 is 4.75. The molecule has 142 valence electrons. The summed E-state index contributed by atoms with van der Waals surface area (Å²) in [6.45, 7) is 4.37. The molecule has 0 amide bonds. The predicted octanol–water partition coefficient (Wildman–Crippen LogP) is 3.44. The van der Waals surface area contributed by atoms with E-state index in [-0.39, 0.29) is 5.97 Å². The number of carbonyl (C=O) groups excluding carboxylic acids is 1. The Morgan fingerprint density at radius 3 is 2.67 bits per heavy atom. The molecule has 4 rings (SSSR count). The zero-order chi connectivity index (χ0) is 18.6. The summed E-state index contributed by atoms with van der Waals surface area (Å²) in [7, 11) is 1.42. The lowest BCUT2D eigenvalue weighted by Gasteiger charge is -2.16. The maximum atomic E-state index is 11.5. The predicted molar refractivity (Wildman–Crippen MR) is 107 cm³/mol. The van der Waals surface area contributed by atoms with E-state index in [1.54, 1.807) is 0 Å². The van der Waals surface area contributed by atoms with Gasteiger partial charge in [-0.25, -0.2) is 4.79 Å². The van der Waals surface area contributed by atoms with Crippen LogP contribution < -0.4 is 5.32 Å². The first kappa shape index (κ1) is 18.2. The van der Waals surface area contributed by atoms with Crippen molar-refractivity contribution in [1.82, 2.24) is 10.2 Å². The van der Waals surface area contributed by atoms with Gasteiger partial charge in [-0.05, 0) is 55.1 Å². The van der Waals surface area contributed by atoms with Gasteiger partial charge < -0.3 is 10.1 Å². The van der Waals surface area contributed by atoms with Crippen molar-refractivity contribution in [2.75, 3.05) is 26.7 Å². The maximum absolute atomic E-state index is 11.5. The van der Waals surface area contributed by atoms with E-state index in [2.05, 4.69) is 40.5 Å². The van der Waals surface area contributed by atoms with Gasteiger partial charge in [0.25, 0.3) is 0 Å². The lowest BCUT2D eigenvalue weighted by molar-refractivity contribution is 0.0600. The molecule has 0 aromatic heterocycles. The molecule has 2 aromatic carbocycles. The molecule has 1 aliphatic heterocycles. The molecular formula is C23H28N2O2. The van der Waals surface area contributed by atoms with Crippen LogP contribution in [0.5, 0.6) is 0 Å². The van der Waals surface area contributed by atoms with Gasteiger partial charge in [0.1, 0.15) is 0 Å². The Labute approximate surface area is 161 Å². The molecule has 0 radical (unpaired) electrons. The van der Waals surface area contributed by atoms with E-state index in [0.717, 1.165) is 32.1 Å². The normalized spacial score (nSPS) is 24.7. The van der Waals surface area contributed by atoms with E-state index < -0.39 is 0 Å². The fourth-order valence-corrected chi connectivity index (χ4v) is 4.15. The van der Waals surface area contributed by atoms with Gasteiger partial charge in [0, 0.05) is 25.0 Å². The summed E-state index contributed by atoms with van der Waals surface area (Å²) in [5.41, 5.74) is 3.34. The van der Waals surface area contributed by atoms with E-state index in [9.17, 15) is 4.79 Å². The van der Waals surface area contributed by atoms with E-state index in [1.165, 1.54) is 31.1 Å². The van der Waals surface area contributed by atoms with Crippen molar-refractivity contribution in [2.24, 2.45) is 5.92 Å². The smallest absolute Gasteiger partial charge is 0.337 e. The number of benzene rings is 2. The van der Waals surface area contributed by atoms with Crippen molar-refractivity contribution >= 4 is 5.97 Å². The van der Waals surface area contributed by atoms with Crippen molar-refractivity contribution in [3.8, 4) is 0 Å². The summed E-state index contributed by atoms with van der Waals surface area (Å²) in [6, 6.07) is 19.3. The van der Waals surface area contributed by atoms with Gasteiger partial charge in [-0.15, -0.1) is 0 Å². The van der Waals surface area contributed by atoms with Crippen LogP contribution in [0.25, 0.3) is 0 Å². The molecule has 0 bridgehead atoms. The average Bonchev–Trinajstić information content (AvgIpc) is 3.37. The topological polar surface area (TPSA) is 41.6 Å². The number of carbonyl (C=O) groups is 1. The zero-order valence-corrected chi connectivity index (χ0v) is 15.9. The average molecular weight is 364 g/mol. The Kier molecular flexibility index (Phi) is 5.55. The standard InChI is InChI=1S/C23H28N2O2/c1-27-23(26)20-9-7-17(8-10-20)15-25-12-11-18(16-25)14-24-22-13-21(22)19-5-3-2-4-6-19/h2-10,18,21-22,24H,11-16H2,1H3/t18-,21+,22-/m1/s1. The molecule has 1 heterocycles. The monoisotopic (exact) mass is 364 g/mol. The van der Waals surface area contributed by atoms with E-state index in [4.69, 9.17) is 4.74 Å². The van der Waals surface area contributed by atoms with Gasteiger partial charge in [0.15, 0.2) is 0 Å². The number of hydrogen-bond acceptors (Lipinski definition) is 4. The van der Waals surface area contributed by atoms with Crippen molar-refractivity contribution < 1.29 is 9.53 Å². The van der Waals surface area contributed by atoms with Crippen molar-refractivity contribution in [3.63, 3.8) is 0 Å². The number of methoxy groups -OCH3 is 1. The quantitative estimate of drug-likeness (QED) is 0.764. The molecule has 2 aromatic rings. The van der Waals surface area contributed by atoms with Crippen LogP contribution in [0.3, 0.4) is 0 Å². The van der Waals surface area contributed by atoms with Gasteiger partial charge >= 0.3 is 5.97 Å². The van der Waals surface area contributed by atoms with Crippen molar-refractivity contribution in [2.45, 2.75) is 31.3 Å². The number of esters is 1. The molecule has 1 saturated heterocycles. The first-order chi connectivity index (χ1) is 13.2. The van der Waals surface area contributed by atoms with E-state index in [0.29, 0.717) is 17.5 Å². The number of hydrogen-bond donors (Lipinski definition) is 1. The van der Waals surface area contributed by atoms with Crippen LogP contribution in [-0.4, -0.2) is 43.7 Å². The fourth-order valence-electron chi connectivity index (χ4n) is 4.15. The molecule has 4 heteroatoms. The summed E-state index contributed by atoms with van der Waals surface area (Å²) >= 11 is 0. The Morgan fingerprint density at radius 1 is 1.15 bits per heavy atom. The third kappa shape index (κ3) is 4.57. The van der Waals surface area contributed by atoms with Crippen molar-refractivity contribution in [3.05, 3.63) is 71.3 Å². The van der Waals surface area contributed by atoms with Crippen LogP contribution in [0.2, 0.25) is 0 Å². The minimum Gasteiger partial charge on any atom is -0.465 e. The summed E-state index contributed by atoms with van der Waals surface area (Å²) in [6.07, 6.45) is 2.53. The Hall–Kier alpha value is -2.17. The van der Waals surface area contributed by atoms with Crippen molar-refractivity contribution in [1.29, 1.82) is 0 Å². The first-order valence-electron chi connectivity index (χ1n) is 9.91. The highest BCUT2D eigenvalue weighted by atomic mass is 16.5. The Balaban J connectivity index is 1.20. The highest BCUT2D eigenvalue weighted by molar-refractivity contribution is 5.89. The number of likely N-dealkylation sites (tertiary alicyclic amines) is 1. The number of ether oxygens (including phenoxy) is 1. The Bertz CT molecular complexity index is 760. The largest absolute Gasteiger partial charge is 0.465 e. The highest BCUT2D eigenvalue weighted by Crippen LogP contribution is 2.40. The molecule has 1 N–H and O–H groups in total. The molecule has 2 fully saturated rings. The third-order valence-electron chi connectivity index (χ3n) is 5.84. The molecule has 1 aliphatic carbocycles. The molecular weight excluding hydrogens is 336 g/mol. The molecule has 3 atom stereocenters. The molecule has 27 heavy (non-hydrogen) atoms. The second-order valence-electron chi connectivity index (χ2n) is 7.85. The van der Waals surface area contributed by atoms with Crippen LogP contribution in [0.15, 0.2) is 54.6 Å². The van der Waals surface area contributed by atoms with E-state index >= 15 is 0 Å². The number of rotatable bonds is 7.